The summed E-state index contributed by atoms with van der Waals surface area (Å²) in [5.41, 5.74) is 0.994. The Labute approximate surface area is 117 Å². The van der Waals surface area contributed by atoms with Crippen molar-refractivity contribution in [3.05, 3.63) is 28.5 Å². The van der Waals surface area contributed by atoms with Crippen molar-refractivity contribution in [2.75, 3.05) is 31.1 Å². The molecule has 1 N–H and O–H groups in total. The third kappa shape index (κ3) is 3.45. The third-order valence-electron chi connectivity index (χ3n) is 3.41. The van der Waals surface area contributed by atoms with Gasteiger partial charge in [-0.3, -0.25) is 0 Å². The molecule has 1 aliphatic rings. The molecule has 0 aromatic heterocycles. The molecule has 0 saturated carbocycles. The molecule has 2 rings (SSSR count). The molecule has 1 aromatic carbocycles. The highest BCUT2D eigenvalue weighted by atomic mass is 79.9. The fourth-order valence-corrected chi connectivity index (χ4v) is 2.65. The first-order valence-corrected chi connectivity index (χ1v) is 7.40. The summed E-state index contributed by atoms with van der Waals surface area (Å²) in [6, 6.07) is 5.38. The number of benzene rings is 1. The SMILES string of the molecule is CCCNCC1CCN(c2ccc(Br)c(F)c2)C1. The Morgan fingerprint density at radius 3 is 3.06 bits per heavy atom. The van der Waals surface area contributed by atoms with Gasteiger partial charge in [-0.05, 0) is 66.0 Å². The second-order valence-corrected chi connectivity index (χ2v) is 5.76. The summed E-state index contributed by atoms with van der Waals surface area (Å²) in [6.45, 7) is 6.39. The minimum absolute atomic E-state index is 0.181. The molecule has 1 unspecified atom stereocenters. The molecular weight excluding hydrogens is 295 g/mol. The van der Waals surface area contributed by atoms with Crippen LogP contribution >= 0.6 is 15.9 Å². The Hall–Kier alpha value is -0.610. The van der Waals surface area contributed by atoms with Crippen LogP contribution in [0.2, 0.25) is 0 Å². The lowest BCUT2D eigenvalue weighted by Crippen LogP contribution is -2.26. The zero-order chi connectivity index (χ0) is 13.0. The van der Waals surface area contributed by atoms with Crippen LogP contribution in [-0.2, 0) is 0 Å². The van der Waals surface area contributed by atoms with Crippen molar-refractivity contribution in [2.24, 2.45) is 5.92 Å². The summed E-state index contributed by atoms with van der Waals surface area (Å²) < 4.78 is 14.0. The summed E-state index contributed by atoms with van der Waals surface area (Å²) in [5, 5.41) is 3.46. The maximum Gasteiger partial charge on any atom is 0.139 e. The van der Waals surface area contributed by atoms with Crippen LogP contribution in [0.25, 0.3) is 0 Å². The number of nitrogens with zero attached hydrogens (tertiary/aromatic N) is 1. The molecule has 1 atom stereocenters. The highest BCUT2D eigenvalue weighted by molar-refractivity contribution is 9.10. The standard InChI is InChI=1S/C14H20BrFN2/c1-2-6-17-9-11-5-7-18(10-11)12-3-4-13(15)14(16)8-12/h3-4,8,11,17H,2,5-7,9-10H2,1H3. The van der Waals surface area contributed by atoms with E-state index in [1.165, 1.54) is 12.8 Å². The lowest BCUT2D eigenvalue weighted by Gasteiger charge is -2.19. The molecule has 1 aliphatic heterocycles. The molecule has 0 bridgehead atoms. The fourth-order valence-electron chi connectivity index (χ4n) is 2.40. The van der Waals surface area contributed by atoms with Crippen LogP contribution in [0, 0.1) is 11.7 Å². The van der Waals surface area contributed by atoms with Crippen LogP contribution in [0.15, 0.2) is 22.7 Å². The number of nitrogens with one attached hydrogen (secondary N) is 1. The predicted molar refractivity (Wildman–Crippen MR) is 77.6 cm³/mol. The van der Waals surface area contributed by atoms with E-state index in [0.717, 1.165) is 31.9 Å². The molecule has 2 nitrogen and oxygen atoms in total. The van der Waals surface area contributed by atoms with Gasteiger partial charge in [0.1, 0.15) is 5.82 Å². The Bertz CT molecular complexity index is 397. The number of halogens is 2. The molecule has 100 valence electrons. The van der Waals surface area contributed by atoms with Gasteiger partial charge in [0.15, 0.2) is 0 Å². The van der Waals surface area contributed by atoms with Crippen LogP contribution in [0.5, 0.6) is 0 Å². The van der Waals surface area contributed by atoms with Crippen LogP contribution in [-0.4, -0.2) is 26.2 Å². The van der Waals surface area contributed by atoms with Crippen LogP contribution < -0.4 is 10.2 Å². The van der Waals surface area contributed by atoms with Crippen molar-refractivity contribution in [2.45, 2.75) is 19.8 Å². The molecule has 4 heteroatoms. The number of hydrogen-bond donors (Lipinski definition) is 1. The largest absolute Gasteiger partial charge is 0.371 e. The first-order valence-electron chi connectivity index (χ1n) is 6.61. The Balaban J connectivity index is 1.89. The summed E-state index contributed by atoms with van der Waals surface area (Å²) in [4.78, 5) is 2.27. The van der Waals surface area contributed by atoms with Gasteiger partial charge in [0, 0.05) is 18.8 Å². The van der Waals surface area contributed by atoms with E-state index in [1.54, 1.807) is 12.1 Å². The van der Waals surface area contributed by atoms with Gasteiger partial charge >= 0.3 is 0 Å². The first kappa shape index (κ1) is 13.8. The Kier molecular flexibility index (Phi) is 5.01. The minimum Gasteiger partial charge on any atom is -0.371 e. The zero-order valence-electron chi connectivity index (χ0n) is 10.8. The smallest absolute Gasteiger partial charge is 0.139 e. The average molecular weight is 315 g/mol. The highest BCUT2D eigenvalue weighted by Crippen LogP contribution is 2.26. The third-order valence-corrected chi connectivity index (χ3v) is 4.06. The molecule has 0 radical (unpaired) electrons. The molecule has 0 aliphatic carbocycles. The predicted octanol–water partition coefficient (Wildman–Crippen LogP) is 3.41. The van der Waals surface area contributed by atoms with Crippen molar-refractivity contribution < 1.29 is 4.39 Å². The molecule has 1 heterocycles. The van der Waals surface area contributed by atoms with Crippen molar-refractivity contribution in [1.82, 2.24) is 5.32 Å². The minimum atomic E-state index is -0.181. The quantitative estimate of drug-likeness (QED) is 0.838. The van der Waals surface area contributed by atoms with E-state index in [9.17, 15) is 4.39 Å². The van der Waals surface area contributed by atoms with Crippen molar-refractivity contribution in [3.63, 3.8) is 0 Å². The molecule has 18 heavy (non-hydrogen) atoms. The van der Waals surface area contributed by atoms with Crippen LogP contribution in [0.4, 0.5) is 10.1 Å². The second-order valence-electron chi connectivity index (χ2n) is 4.90. The molecule has 1 aromatic rings. The Morgan fingerprint density at radius 2 is 2.33 bits per heavy atom. The summed E-state index contributed by atoms with van der Waals surface area (Å²) >= 11 is 3.19. The molecule has 0 spiro atoms. The monoisotopic (exact) mass is 314 g/mol. The lowest BCUT2D eigenvalue weighted by molar-refractivity contribution is 0.516. The van der Waals surface area contributed by atoms with Crippen molar-refractivity contribution in [3.8, 4) is 0 Å². The van der Waals surface area contributed by atoms with Gasteiger partial charge in [-0.25, -0.2) is 4.39 Å². The zero-order valence-corrected chi connectivity index (χ0v) is 12.3. The number of hydrogen-bond acceptors (Lipinski definition) is 2. The van der Waals surface area contributed by atoms with Gasteiger partial charge in [0.25, 0.3) is 0 Å². The van der Waals surface area contributed by atoms with E-state index in [-0.39, 0.29) is 5.82 Å². The topological polar surface area (TPSA) is 15.3 Å². The van der Waals surface area contributed by atoms with Crippen LogP contribution in [0.1, 0.15) is 19.8 Å². The van der Waals surface area contributed by atoms with E-state index in [0.29, 0.717) is 10.4 Å². The number of anilines is 1. The summed E-state index contributed by atoms with van der Waals surface area (Å²) in [5.74, 6) is 0.503. The van der Waals surface area contributed by atoms with E-state index >= 15 is 0 Å². The molecule has 1 fully saturated rings. The van der Waals surface area contributed by atoms with Crippen molar-refractivity contribution in [1.29, 1.82) is 0 Å². The van der Waals surface area contributed by atoms with Gasteiger partial charge in [-0.2, -0.15) is 0 Å². The maximum atomic E-state index is 13.5. The fraction of sp³-hybridized carbons (Fsp3) is 0.571. The van der Waals surface area contributed by atoms with Crippen LogP contribution in [0.3, 0.4) is 0 Å². The van der Waals surface area contributed by atoms with Gasteiger partial charge in [-0.1, -0.05) is 6.92 Å². The van der Waals surface area contributed by atoms with Gasteiger partial charge in [0.2, 0.25) is 0 Å². The first-order chi connectivity index (χ1) is 8.70. The van der Waals surface area contributed by atoms with E-state index in [2.05, 4.69) is 33.1 Å². The summed E-state index contributed by atoms with van der Waals surface area (Å²) in [7, 11) is 0. The molecule has 1 saturated heterocycles. The average Bonchev–Trinajstić information content (AvgIpc) is 2.82. The van der Waals surface area contributed by atoms with E-state index in [1.807, 2.05) is 6.07 Å². The normalized spacial score (nSPS) is 19.5. The van der Waals surface area contributed by atoms with Crippen molar-refractivity contribution >= 4 is 21.6 Å². The number of rotatable bonds is 5. The van der Waals surface area contributed by atoms with E-state index in [4.69, 9.17) is 0 Å². The molecule has 0 amide bonds. The Morgan fingerprint density at radius 1 is 1.50 bits per heavy atom. The van der Waals surface area contributed by atoms with Gasteiger partial charge < -0.3 is 10.2 Å². The highest BCUT2D eigenvalue weighted by Gasteiger charge is 2.22. The summed E-state index contributed by atoms with van der Waals surface area (Å²) in [6.07, 6.45) is 2.36. The maximum absolute atomic E-state index is 13.5. The molecular formula is C14H20BrFN2. The van der Waals surface area contributed by atoms with Gasteiger partial charge in [-0.15, -0.1) is 0 Å². The lowest BCUT2D eigenvalue weighted by atomic mass is 10.1. The van der Waals surface area contributed by atoms with E-state index < -0.39 is 0 Å². The second kappa shape index (κ2) is 6.53. The van der Waals surface area contributed by atoms with Gasteiger partial charge in [0.05, 0.1) is 4.47 Å².